The summed E-state index contributed by atoms with van der Waals surface area (Å²) in [6, 6.07) is 14.4. The van der Waals surface area contributed by atoms with Crippen LogP contribution in [-0.2, 0) is 4.79 Å². The predicted octanol–water partition coefficient (Wildman–Crippen LogP) is 7.52. The summed E-state index contributed by atoms with van der Waals surface area (Å²) in [7, 11) is 0. The molecule has 2 unspecified atom stereocenters. The molecule has 0 aliphatic heterocycles. The largest absolute Gasteiger partial charge is 0.494 e. The average molecular weight is 463 g/mol. The first-order valence-electron chi connectivity index (χ1n) is 12.7. The molecule has 0 saturated heterocycles. The number of benzene rings is 2. The molecule has 0 heterocycles. The van der Waals surface area contributed by atoms with E-state index >= 15 is 0 Å². The van der Waals surface area contributed by atoms with Gasteiger partial charge in [-0.05, 0) is 84.7 Å². The fraction of sp³-hybridized carbons (Fsp3) is 0.467. The fourth-order valence-corrected chi connectivity index (χ4v) is 4.41. The summed E-state index contributed by atoms with van der Waals surface area (Å²) < 4.78 is 11.3. The number of Topliss-reactive ketones (excluding diaryl/α,β-unsaturated/α-hetero) is 1. The van der Waals surface area contributed by atoms with Crippen LogP contribution < -0.4 is 9.47 Å². The molecule has 182 valence electrons. The second-order valence-corrected chi connectivity index (χ2v) is 9.68. The number of ether oxygens (including phenoxy) is 2. The lowest BCUT2D eigenvalue weighted by Gasteiger charge is -2.30. The molecule has 0 aromatic heterocycles. The quantitative estimate of drug-likeness (QED) is 0.159. The number of unbranched alkanes of at least 4 members (excludes halogenated alkanes) is 3. The summed E-state index contributed by atoms with van der Waals surface area (Å²) >= 11 is 0. The second kappa shape index (κ2) is 12.5. The van der Waals surface area contributed by atoms with Crippen LogP contribution in [0.3, 0.4) is 0 Å². The van der Waals surface area contributed by atoms with Gasteiger partial charge in [-0.15, -0.1) is 0 Å². The third-order valence-electron chi connectivity index (χ3n) is 6.64. The first-order valence-corrected chi connectivity index (χ1v) is 12.7. The topological polar surface area (TPSA) is 52.6 Å². The summed E-state index contributed by atoms with van der Waals surface area (Å²) in [5, 5.41) is 0. The van der Waals surface area contributed by atoms with Gasteiger partial charge in [-0.2, -0.15) is 0 Å². The molecule has 0 N–H and O–H groups in total. The second-order valence-electron chi connectivity index (χ2n) is 9.68. The lowest BCUT2D eigenvalue weighted by atomic mass is 9.73. The molecule has 1 fully saturated rings. The van der Waals surface area contributed by atoms with Gasteiger partial charge in [-0.25, -0.2) is 4.79 Å². The van der Waals surface area contributed by atoms with Crippen molar-refractivity contribution in [3.63, 3.8) is 0 Å². The van der Waals surface area contributed by atoms with Gasteiger partial charge in [-0.3, -0.25) is 4.79 Å². The number of allylic oxidation sites excluding steroid dienone is 1. The molecule has 1 saturated carbocycles. The van der Waals surface area contributed by atoms with Crippen molar-refractivity contribution in [1.29, 1.82) is 0 Å². The van der Waals surface area contributed by atoms with E-state index in [1.807, 2.05) is 18.2 Å². The van der Waals surface area contributed by atoms with Crippen molar-refractivity contribution in [1.82, 2.24) is 0 Å². The van der Waals surface area contributed by atoms with Gasteiger partial charge < -0.3 is 9.47 Å². The van der Waals surface area contributed by atoms with Crippen molar-refractivity contribution in [3.05, 3.63) is 65.2 Å². The van der Waals surface area contributed by atoms with Crippen LogP contribution in [0.4, 0.5) is 0 Å². The average Bonchev–Trinajstić information content (AvgIpc) is 2.83. The van der Waals surface area contributed by atoms with Crippen LogP contribution in [0, 0.1) is 17.8 Å². The molecular weight excluding hydrogens is 424 g/mol. The van der Waals surface area contributed by atoms with Gasteiger partial charge in [0.05, 0.1) is 12.2 Å². The highest BCUT2D eigenvalue weighted by molar-refractivity contribution is 6.02. The van der Waals surface area contributed by atoms with Crippen LogP contribution in [-0.4, -0.2) is 18.4 Å². The molecule has 1 aliphatic rings. The van der Waals surface area contributed by atoms with Crippen molar-refractivity contribution in [2.45, 2.75) is 66.2 Å². The Balaban J connectivity index is 1.57. The summed E-state index contributed by atoms with van der Waals surface area (Å²) in [4.78, 5) is 25.5. The Bertz CT molecular complexity index is 970. The maximum Gasteiger partial charge on any atom is 0.343 e. The minimum Gasteiger partial charge on any atom is -0.494 e. The standard InChI is InChI=1S/C30H38O4/c1-5-6-7-8-19-33-25-16-12-24(13-17-25)30(32)34-26-14-10-23(11-15-26)20-28-22(4)9-18-27(21(2)3)29(28)31/h10-17,20-22,27H,5-9,18-19H2,1-4H3. The van der Waals surface area contributed by atoms with E-state index in [4.69, 9.17) is 9.47 Å². The van der Waals surface area contributed by atoms with E-state index in [1.54, 1.807) is 36.4 Å². The number of esters is 1. The molecule has 34 heavy (non-hydrogen) atoms. The number of hydrogen-bond acceptors (Lipinski definition) is 4. The van der Waals surface area contributed by atoms with Crippen molar-refractivity contribution in [2.75, 3.05) is 6.61 Å². The lowest BCUT2D eigenvalue weighted by molar-refractivity contribution is -0.122. The monoisotopic (exact) mass is 462 g/mol. The van der Waals surface area contributed by atoms with Crippen molar-refractivity contribution in [3.8, 4) is 11.5 Å². The van der Waals surface area contributed by atoms with Gasteiger partial charge in [0.25, 0.3) is 0 Å². The Morgan fingerprint density at radius 3 is 2.29 bits per heavy atom. The van der Waals surface area contributed by atoms with Gasteiger partial charge >= 0.3 is 5.97 Å². The van der Waals surface area contributed by atoms with Gasteiger partial charge in [0, 0.05) is 5.92 Å². The van der Waals surface area contributed by atoms with Crippen LogP contribution in [0.1, 0.15) is 82.1 Å². The van der Waals surface area contributed by atoms with Crippen LogP contribution in [0.5, 0.6) is 11.5 Å². The van der Waals surface area contributed by atoms with Crippen molar-refractivity contribution < 1.29 is 19.1 Å². The first-order chi connectivity index (χ1) is 16.4. The van der Waals surface area contributed by atoms with E-state index in [0.29, 0.717) is 23.8 Å². The Morgan fingerprint density at radius 1 is 0.971 bits per heavy atom. The third-order valence-corrected chi connectivity index (χ3v) is 6.64. The number of ketones is 1. The van der Waals surface area contributed by atoms with Gasteiger partial charge in [0.1, 0.15) is 11.5 Å². The van der Waals surface area contributed by atoms with Crippen molar-refractivity contribution >= 4 is 17.8 Å². The Hall–Kier alpha value is -2.88. The minimum atomic E-state index is -0.406. The molecule has 3 rings (SSSR count). The molecular formula is C30H38O4. The maximum atomic E-state index is 12.9. The molecule has 2 aromatic carbocycles. The lowest BCUT2D eigenvalue weighted by Crippen LogP contribution is -2.30. The molecule has 0 radical (unpaired) electrons. The summed E-state index contributed by atoms with van der Waals surface area (Å²) in [6.45, 7) is 9.24. The first kappa shape index (κ1) is 25.7. The molecule has 2 aromatic rings. The van der Waals surface area contributed by atoms with E-state index in [2.05, 4.69) is 27.7 Å². The fourth-order valence-electron chi connectivity index (χ4n) is 4.41. The smallest absolute Gasteiger partial charge is 0.343 e. The summed E-state index contributed by atoms with van der Waals surface area (Å²) in [5.41, 5.74) is 2.33. The predicted molar refractivity (Wildman–Crippen MR) is 137 cm³/mol. The minimum absolute atomic E-state index is 0.112. The molecule has 0 amide bonds. The van der Waals surface area contributed by atoms with E-state index in [1.165, 1.54) is 19.3 Å². The Morgan fingerprint density at radius 2 is 1.65 bits per heavy atom. The summed E-state index contributed by atoms with van der Waals surface area (Å²) in [5.74, 6) is 1.85. The van der Waals surface area contributed by atoms with Crippen LogP contribution in [0.15, 0.2) is 54.1 Å². The maximum absolute atomic E-state index is 12.9. The molecule has 1 aliphatic carbocycles. The SMILES string of the molecule is CCCCCCOc1ccc(C(=O)Oc2ccc(C=C3C(=O)C(C(C)C)CCC3C)cc2)cc1. The number of carbonyl (C=O) groups is 2. The molecule has 4 heteroatoms. The highest BCUT2D eigenvalue weighted by Gasteiger charge is 2.32. The van der Waals surface area contributed by atoms with Gasteiger partial charge in [0.15, 0.2) is 5.78 Å². The molecule has 0 spiro atoms. The van der Waals surface area contributed by atoms with Gasteiger partial charge in [0.2, 0.25) is 0 Å². The number of rotatable bonds is 10. The van der Waals surface area contributed by atoms with Crippen LogP contribution in [0.25, 0.3) is 6.08 Å². The zero-order chi connectivity index (χ0) is 24.5. The van der Waals surface area contributed by atoms with Gasteiger partial charge in [-0.1, -0.05) is 59.1 Å². The Kier molecular flexibility index (Phi) is 9.50. The van der Waals surface area contributed by atoms with E-state index < -0.39 is 5.97 Å². The van der Waals surface area contributed by atoms with E-state index in [-0.39, 0.29) is 17.6 Å². The Labute approximate surface area is 204 Å². The van der Waals surface area contributed by atoms with Crippen molar-refractivity contribution in [2.24, 2.45) is 17.8 Å². The number of hydrogen-bond donors (Lipinski definition) is 0. The zero-order valence-electron chi connectivity index (χ0n) is 21.0. The zero-order valence-corrected chi connectivity index (χ0v) is 21.0. The van der Waals surface area contributed by atoms with E-state index in [0.717, 1.165) is 36.1 Å². The van der Waals surface area contributed by atoms with E-state index in [9.17, 15) is 9.59 Å². The highest BCUT2D eigenvalue weighted by atomic mass is 16.5. The summed E-state index contributed by atoms with van der Waals surface area (Å²) in [6.07, 6.45) is 8.64. The number of carbonyl (C=O) groups excluding carboxylic acids is 2. The molecule has 4 nitrogen and oxygen atoms in total. The highest BCUT2D eigenvalue weighted by Crippen LogP contribution is 2.35. The molecule has 2 atom stereocenters. The van der Waals surface area contributed by atoms with Crippen LogP contribution >= 0.6 is 0 Å². The normalized spacial score (nSPS) is 19.4. The third kappa shape index (κ3) is 7.06. The van der Waals surface area contributed by atoms with Crippen LogP contribution in [0.2, 0.25) is 0 Å². The molecule has 0 bridgehead atoms.